The zero-order valence-electron chi connectivity index (χ0n) is 13.4. The molecule has 0 atom stereocenters. The lowest BCUT2D eigenvalue weighted by Crippen LogP contribution is -2.61. The van der Waals surface area contributed by atoms with E-state index in [1.54, 1.807) is 0 Å². The number of halogens is 14. The first-order valence-corrected chi connectivity index (χ1v) is 6.99. The number of unbranched alkanes of at least 4 members (excludes halogenated alkanes) is 1. The quantitative estimate of drug-likeness (QED) is 0.390. The van der Waals surface area contributed by atoms with Gasteiger partial charge in [0, 0.05) is 26.1 Å². The van der Waals surface area contributed by atoms with Crippen molar-refractivity contribution in [1.82, 2.24) is 0 Å². The summed E-state index contributed by atoms with van der Waals surface area (Å²) in [6.07, 6.45) is -16.1. The molecule has 0 spiro atoms. The number of alkyl halides is 14. The van der Waals surface area contributed by atoms with Gasteiger partial charge in [0.2, 0.25) is 0 Å². The Morgan fingerprint density at radius 1 is 0.429 bits per heavy atom. The molecule has 0 aromatic rings. The second kappa shape index (κ2) is 9.63. The summed E-state index contributed by atoms with van der Waals surface area (Å²) in [4.78, 5) is 0. The van der Waals surface area contributed by atoms with Crippen LogP contribution in [0.15, 0.2) is 0 Å². The number of aliphatic hydroxyl groups excluding tert-OH is 2. The Bertz CT molecular complexity index is 454. The number of rotatable bonds is 8. The Kier molecular flexibility index (Phi) is 10.0. The van der Waals surface area contributed by atoms with Crippen molar-refractivity contribution in [2.24, 2.45) is 0 Å². The third-order valence-corrected chi connectivity index (χ3v) is 2.95. The molecule has 0 heterocycles. The van der Waals surface area contributed by atoms with Crippen molar-refractivity contribution >= 4 is 0 Å². The van der Waals surface area contributed by atoms with E-state index < -0.39 is 55.5 Å². The summed E-state index contributed by atoms with van der Waals surface area (Å²) in [5.41, 5.74) is 0. The van der Waals surface area contributed by atoms with Gasteiger partial charge < -0.3 is 10.2 Å². The molecule has 0 bridgehead atoms. The molecule has 0 aromatic carbocycles. The van der Waals surface area contributed by atoms with Crippen molar-refractivity contribution in [2.45, 2.75) is 61.7 Å². The minimum absolute atomic E-state index is 0.0360. The maximum absolute atomic E-state index is 12.3. The van der Waals surface area contributed by atoms with Crippen LogP contribution in [-0.4, -0.2) is 59.5 Å². The second-order valence-corrected chi connectivity index (χ2v) is 5.21. The summed E-state index contributed by atoms with van der Waals surface area (Å²) in [6, 6.07) is 0. The van der Waals surface area contributed by atoms with Crippen molar-refractivity contribution in [3.8, 4) is 0 Å². The summed E-state index contributed by atoms with van der Waals surface area (Å²) in [5.74, 6) is -23.8. The summed E-state index contributed by atoms with van der Waals surface area (Å²) >= 11 is 0. The topological polar surface area (TPSA) is 40.5 Å². The van der Waals surface area contributed by atoms with Crippen molar-refractivity contribution in [3.63, 3.8) is 0 Å². The van der Waals surface area contributed by atoms with Crippen LogP contribution < -0.4 is 0 Å². The van der Waals surface area contributed by atoms with Gasteiger partial charge in [-0.05, 0) is 12.8 Å². The molecule has 0 rings (SSSR count). The van der Waals surface area contributed by atoms with Crippen molar-refractivity contribution in [2.75, 3.05) is 13.2 Å². The lowest BCUT2D eigenvalue weighted by atomic mass is 10.0. The molecular formula is C12H14F14O2. The Hall–Kier alpha value is -1.06. The van der Waals surface area contributed by atoms with Crippen LogP contribution in [0.25, 0.3) is 0 Å². The zero-order chi connectivity index (χ0) is 23.2. The minimum atomic E-state index is -6.88. The van der Waals surface area contributed by atoms with Crippen LogP contribution in [-0.2, 0) is 0 Å². The van der Waals surface area contributed by atoms with Crippen LogP contribution >= 0.6 is 0 Å². The fourth-order valence-electron chi connectivity index (χ4n) is 1.31. The Balaban J connectivity index is 0. The van der Waals surface area contributed by atoms with E-state index in [1.807, 2.05) is 0 Å². The van der Waals surface area contributed by atoms with Crippen LogP contribution in [0.1, 0.15) is 25.7 Å². The molecule has 0 unspecified atom stereocenters. The molecule has 0 radical (unpaired) electrons. The third-order valence-electron chi connectivity index (χ3n) is 2.95. The number of hydrogen-bond acceptors (Lipinski definition) is 2. The van der Waals surface area contributed by atoms with Gasteiger partial charge in [-0.3, -0.25) is 0 Å². The second-order valence-electron chi connectivity index (χ2n) is 5.21. The van der Waals surface area contributed by atoms with Gasteiger partial charge in [-0.15, -0.1) is 0 Å². The lowest BCUT2D eigenvalue weighted by Gasteiger charge is -2.33. The van der Waals surface area contributed by atoms with Gasteiger partial charge in [0.25, 0.3) is 0 Å². The smallest absolute Gasteiger partial charge is 0.396 e. The van der Waals surface area contributed by atoms with Gasteiger partial charge in [-0.1, -0.05) is 0 Å². The van der Waals surface area contributed by atoms with E-state index in [0.29, 0.717) is 0 Å². The molecular weight excluding hydrogens is 442 g/mol. The largest absolute Gasteiger partial charge is 0.460 e. The monoisotopic (exact) mass is 456 g/mol. The maximum Gasteiger partial charge on any atom is 0.460 e. The van der Waals surface area contributed by atoms with Gasteiger partial charge >= 0.3 is 36.0 Å². The third kappa shape index (κ3) is 7.08. The van der Waals surface area contributed by atoms with Crippen LogP contribution in [0.4, 0.5) is 61.5 Å². The van der Waals surface area contributed by atoms with E-state index in [2.05, 4.69) is 0 Å². The van der Waals surface area contributed by atoms with Gasteiger partial charge in [0.15, 0.2) is 0 Å². The average Bonchev–Trinajstić information content (AvgIpc) is 2.45. The molecule has 0 saturated carbocycles. The average molecular weight is 456 g/mol. The van der Waals surface area contributed by atoms with Gasteiger partial charge in [-0.25, -0.2) is 0 Å². The fourth-order valence-corrected chi connectivity index (χ4v) is 1.31. The van der Waals surface area contributed by atoms with E-state index in [-0.39, 0.29) is 19.4 Å². The molecule has 0 fully saturated rings. The normalized spacial score (nSPS) is 14.6. The summed E-state index contributed by atoms with van der Waals surface area (Å²) in [7, 11) is 0. The SMILES string of the molecule is OCCC(F)(F)C(F)(F)C(F)(F)C(F)(F)F.OCCCCC(F)(F)C(F)(F)F. The van der Waals surface area contributed by atoms with E-state index in [9.17, 15) is 61.5 Å². The maximum atomic E-state index is 12.3. The van der Waals surface area contributed by atoms with Crippen LogP contribution in [0.2, 0.25) is 0 Å². The van der Waals surface area contributed by atoms with E-state index in [1.165, 1.54) is 0 Å². The zero-order valence-corrected chi connectivity index (χ0v) is 13.4. The van der Waals surface area contributed by atoms with E-state index in [4.69, 9.17) is 10.2 Å². The minimum Gasteiger partial charge on any atom is -0.396 e. The molecule has 0 aliphatic heterocycles. The van der Waals surface area contributed by atoms with Crippen molar-refractivity contribution < 1.29 is 71.7 Å². The summed E-state index contributed by atoms with van der Waals surface area (Å²) < 4.78 is 166. The highest BCUT2D eigenvalue weighted by Gasteiger charge is 2.81. The molecule has 2 N–H and O–H groups in total. The van der Waals surface area contributed by atoms with Crippen LogP contribution in [0.3, 0.4) is 0 Å². The van der Waals surface area contributed by atoms with Crippen LogP contribution in [0.5, 0.6) is 0 Å². The van der Waals surface area contributed by atoms with Gasteiger partial charge in [0.05, 0.1) is 0 Å². The highest BCUT2D eigenvalue weighted by atomic mass is 19.4. The highest BCUT2D eigenvalue weighted by Crippen LogP contribution is 2.53. The molecule has 0 amide bonds. The first-order valence-electron chi connectivity index (χ1n) is 6.99. The molecule has 28 heavy (non-hydrogen) atoms. The summed E-state index contributed by atoms with van der Waals surface area (Å²) in [6.45, 7) is -2.02. The number of hydrogen-bond donors (Lipinski definition) is 2. The molecule has 0 saturated heterocycles. The van der Waals surface area contributed by atoms with Gasteiger partial charge in [-0.2, -0.15) is 61.5 Å². The highest BCUT2D eigenvalue weighted by molar-refractivity contribution is 5.00. The van der Waals surface area contributed by atoms with E-state index in [0.717, 1.165) is 0 Å². The van der Waals surface area contributed by atoms with Crippen molar-refractivity contribution in [3.05, 3.63) is 0 Å². The Labute approximate surface area is 148 Å². The van der Waals surface area contributed by atoms with Crippen molar-refractivity contribution in [1.29, 1.82) is 0 Å². The molecule has 172 valence electrons. The predicted octanol–water partition coefficient (Wildman–Crippen LogP) is 5.18. The molecule has 0 aliphatic rings. The number of aliphatic hydroxyl groups is 2. The van der Waals surface area contributed by atoms with Gasteiger partial charge in [0.1, 0.15) is 0 Å². The Morgan fingerprint density at radius 2 is 0.857 bits per heavy atom. The Morgan fingerprint density at radius 3 is 1.14 bits per heavy atom. The lowest BCUT2D eigenvalue weighted by molar-refractivity contribution is -0.397. The first kappa shape index (κ1) is 29.1. The molecule has 2 nitrogen and oxygen atoms in total. The van der Waals surface area contributed by atoms with E-state index >= 15 is 0 Å². The molecule has 0 aliphatic carbocycles. The van der Waals surface area contributed by atoms with Crippen LogP contribution in [0, 0.1) is 0 Å². The fraction of sp³-hybridized carbons (Fsp3) is 1.00. The predicted molar refractivity (Wildman–Crippen MR) is 64.5 cm³/mol. The molecule has 0 aromatic heterocycles. The standard InChI is InChI=1S/C6H5F9O.C6H9F5O/c7-3(8,1-2-16)4(9,10)5(11,12)6(13,14)15;7-5(8,6(9,10)11)3-1-2-4-12/h16H,1-2H2;12H,1-4H2. The molecule has 16 heteroatoms. The summed E-state index contributed by atoms with van der Waals surface area (Å²) in [5, 5.41) is 16.0. The first-order chi connectivity index (χ1) is 12.1.